The normalized spacial score (nSPS) is 17.7. The molecule has 1 aliphatic heterocycles. The molecule has 182 valence electrons. The lowest BCUT2D eigenvalue weighted by molar-refractivity contribution is 0.403. The fourth-order valence-corrected chi connectivity index (χ4v) is 5.69. The summed E-state index contributed by atoms with van der Waals surface area (Å²) in [6, 6.07) is 42.0. The molecule has 7 aromatic rings. The molecule has 3 heterocycles. The van der Waals surface area contributed by atoms with Gasteiger partial charge in [0.1, 0.15) is 23.5 Å². The molecule has 5 heteroatoms. The highest BCUT2D eigenvalue weighted by molar-refractivity contribution is 6.19. The minimum absolute atomic E-state index is 0.108. The van der Waals surface area contributed by atoms with Gasteiger partial charge in [0.15, 0.2) is 0 Å². The number of rotatable bonds is 2. The number of hydrogen-bond donors (Lipinski definition) is 2. The van der Waals surface area contributed by atoms with Gasteiger partial charge in [0.05, 0.1) is 11.0 Å². The summed E-state index contributed by atoms with van der Waals surface area (Å²) in [7, 11) is 0. The molecule has 0 bridgehead atoms. The van der Waals surface area contributed by atoms with Gasteiger partial charge in [-0.25, -0.2) is 4.99 Å². The van der Waals surface area contributed by atoms with Crippen LogP contribution in [0.4, 0.5) is 0 Å². The minimum Gasteiger partial charge on any atom is -0.456 e. The van der Waals surface area contributed by atoms with Gasteiger partial charge in [0.25, 0.3) is 0 Å². The SMILES string of the molecule is c1ccc(C2N=C(n3c4ccccc4c4cc5oc6ccccc6c5cc43)NC(c3ccccc3)N2)cc1. The van der Waals surface area contributed by atoms with E-state index in [1.54, 1.807) is 0 Å². The van der Waals surface area contributed by atoms with E-state index >= 15 is 0 Å². The van der Waals surface area contributed by atoms with Crippen LogP contribution in [0.1, 0.15) is 23.5 Å². The predicted molar refractivity (Wildman–Crippen MR) is 154 cm³/mol. The molecular formula is C33H24N4O. The van der Waals surface area contributed by atoms with E-state index in [-0.39, 0.29) is 12.3 Å². The molecule has 0 spiro atoms. The molecule has 0 amide bonds. The first-order valence-electron chi connectivity index (χ1n) is 12.9. The summed E-state index contributed by atoms with van der Waals surface area (Å²) in [6.45, 7) is 0. The maximum atomic E-state index is 6.25. The van der Waals surface area contributed by atoms with Gasteiger partial charge in [0.2, 0.25) is 5.96 Å². The van der Waals surface area contributed by atoms with Gasteiger partial charge in [0, 0.05) is 21.5 Å². The molecule has 5 aromatic carbocycles. The van der Waals surface area contributed by atoms with E-state index in [4.69, 9.17) is 9.41 Å². The lowest BCUT2D eigenvalue weighted by Crippen LogP contribution is -2.47. The Morgan fingerprint density at radius 1 is 0.579 bits per heavy atom. The Morgan fingerprint density at radius 3 is 2.08 bits per heavy atom. The minimum atomic E-state index is -0.202. The third kappa shape index (κ3) is 3.26. The largest absolute Gasteiger partial charge is 0.456 e. The van der Waals surface area contributed by atoms with Gasteiger partial charge in [-0.2, -0.15) is 0 Å². The van der Waals surface area contributed by atoms with Gasteiger partial charge in [-0.3, -0.25) is 9.88 Å². The Bertz CT molecular complexity index is 1990. The maximum Gasteiger partial charge on any atom is 0.206 e. The van der Waals surface area contributed by atoms with Gasteiger partial charge >= 0.3 is 0 Å². The Morgan fingerprint density at radius 2 is 1.26 bits per heavy atom. The van der Waals surface area contributed by atoms with E-state index in [2.05, 4.69) is 112 Å². The molecule has 1 aliphatic rings. The molecule has 0 fully saturated rings. The van der Waals surface area contributed by atoms with E-state index in [0.29, 0.717) is 0 Å². The van der Waals surface area contributed by atoms with Crippen molar-refractivity contribution in [3.8, 4) is 0 Å². The molecule has 8 rings (SSSR count). The zero-order chi connectivity index (χ0) is 25.1. The van der Waals surface area contributed by atoms with Crippen molar-refractivity contribution in [3.05, 3.63) is 132 Å². The van der Waals surface area contributed by atoms with Crippen LogP contribution in [0.3, 0.4) is 0 Å². The molecule has 0 saturated heterocycles. The van der Waals surface area contributed by atoms with E-state index in [1.165, 1.54) is 5.39 Å². The zero-order valence-corrected chi connectivity index (χ0v) is 20.5. The number of hydrogen-bond acceptors (Lipinski definition) is 4. The van der Waals surface area contributed by atoms with Crippen LogP contribution < -0.4 is 10.6 Å². The average molecular weight is 493 g/mol. The molecule has 2 atom stereocenters. The molecule has 0 aliphatic carbocycles. The predicted octanol–water partition coefficient (Wildman–Crippen LogP) is 7.49. The molecule has 0 radical (unpaired) electrons. The number of aromatic nitrogens is 1. The van der Waals surface area contributed by atoms with Crippen LogP contribution in [-0.2, 0) is 0 Å². The Hall–Kier alpha value is -4.87. The zero-order valence-electron chi connectivity index (χ0n) is 20.5. The molecule has 5 nitrogen and oxygen atoms in total. The second kappa shape index (κ2) is 8.33. The van der Waals surface area contributed by atoms with Gasteiger partial charge < -0.3 is 9.73 Å². The van der Waals surface area contributed by atoms with Crippen LogP contribution in [0.15, 0.2) is 131 Å². The Kier molecular flexibility index (Phi) is 4.66. The number of aliphatic imine (C=N–C) groups is 1. The summed E-state index contributed by atoms with van der Waals surface area (Å²) < 4.78 is 8.51. The molecule has 0 saturated carbocycles. The van der Waals surface area contributed by atoms with Crippen LogP contribution >= 0.6 is 0 Å². The molecular weight excluding hydrogens is 468 g/mol. The van der Waals surface area contributed by atoms with Gasteiger partial charge in [-0.1, -0.05) is 97.1 Å². The number of nitrogens with zero attached hydrogens (tertiary/aromatic N) is 2. The third-order valence-electron chi connectivity index (χ3n) is 7.48. The van der Waals surface area contributed by atoms with Crippen molar-refractivity contribution in [1.82, 2.24) is 15.2 Å². The van der Waals surface area contributed by atoms with E-state index in [9.17, 15) is 0 Å². The first-order valence-corrected chi connectivity index (χ1v) is 12.9. The summed E-state index contributed by atoms with van der Waals surface area (Å²) in [5, 5.41) is 11.9. The molecule has 2 aromatic heterocycles. The number of para-hydroxylation sites is 2. The first-order chi connectivity index (χ1) is 18.8. The number of benzene rings is 5. The quantitative estimate of drug-likeness (QED) is 0.263. The number of nitrogens with one attached hydrogen (secondary N) is 2. The summed E-state index contributed by atoms with van der Waals surface area (Å²) in [5.74, 6) is 0.810. The second-order valence-electron chi connectivity index (χ2n) is 9.74. The van der Waals surface area contributed by atoms with Gasteiger partial charge in [-0.15, -0.1) is 0 Å². The van der Waals surface area contributed by atoms with E-state index < -0.39 is 0 Å². The van der Waals surface area contributed by atoms with Crippen molar-refractivity contribution >= 4 is 49.7 Å². The van der Waals surface area contributed by atoms with Crippen molar-refractivity contribution in [3.63, 3.8) is 0 Å². The molecule has 2 unspecified atom stereocenters. The van der Waals surface area contributed by atoms with Gasteiger partial charge in [-0.05, 0) is 35.4 Å². The van der Waals surface area contributed by atoms with Crippen LogP contribution in [0, 0.1) is 0 Å². The number of furan rings is 1. The highest BCUT2D eigenvalue weighted by atomic mass is 16.3. The van der Waals surface area contributed by atoms with Crippen LogP contribution in [-0.4, -0.2) is 10.5 Å². The van der Waals surface area contributed by atoms with Crippen molar-refractivity contribution in [1.29, 1.82) is 0 Å². The monoisotopic (exact) mass is 492 g/mol. The molecule has 2 N–H and O–H groups in total. The standard InChI is InChI=1S/C33H24N4O/c1-3-11-21(12-4-1)31-34-32(22-13-5-2-6-14-22)36-33(35-31)37-27-17-9-7-15-23(27)25-20-30-26(19-28(25)37)24-16-8-10-18-29(24)38-30/h1-20,31-32,34H,(H,35,36). The van der Waals surface area contributed by atoms with Crippen molar-refractivity contribution in [2.24, 2.45) is 4.99 Å². The Balaban J connectivity index is 1.40. The highest BCUT2D eigenvalue weighted by Gasteiger charge is 2.27. The fraction of sp³-hybridized carbons (Fsp3) is 0.0606. The number of fused-ring (bicyclic) bond motifs is 6. The second-order valence-corrected chi connectivity index (χ2v) is 9.74. The highest BCUT2D eigenvalue weighted by Crippen LogP contribution is 2.37. The van der Waals surface area contributed by atoms with Crippen LogP contribution in [0.25, 0.3) is 43.7 Å². The summed E-state index contributed by atoms with van der Waals surface area (Å²) in [5.41, 5.74) is 6.27. The lowest BCUT2D eigenvalue weighted by Gasteiger charge is -2.32. The van der Waals surface area contributed by atoms with Crippen LogP contribution in [0.5, 0.6) is 0 Å². The lowest BCUT2D eigenvalue weighted by atomic mass is 10.1. The van der Waals surface area contributed by atoms with Crippen molar-refractivity contribution in [2.45, 2.75) is 12.3 Å². The van der Waals surface area contributed by atoms with E-state index in [0.717, 1.165) is 55.4 Å². The summed E-state index contributed by atoms with van der Waals surface area (Å²) >= 11 is 0. The first kappa shape index (κ1) is 21.2. The van der Waals surface area contributed by atoms with Crippen molar-refractivity contribution in [2.75, 3.05) is 0 Å². The smallest absolute Gasteiger partial charge is 0.206 e. The Labute approximate surface area is 219 Å². The van der Waals surface area contributed by atoms with E-state index in [1.807, 2.05) is 24.3 Å². The van der Waals surface area contributed by atoms with Crippen molar-refractivity contribution < 1.29 is 4.42 Å². The summed E-state index contributed by atoms with van der Waals surface area (Å²) in [4.78, 5) is 5.23. The average Bonchev–Trinajstić information content (AvgIpc) is 3.51. The molecule has 38 heavy (non-hydrogen) atoms. The summed E-state index contributed by atoms with van der Waals surface area (Å²) in [6.07, 6.45) is -0.309. The third-order valence-corrected chi connectivity index (χ3v) is 7.48. The van der Waals surface area contributed by atoms with Crippen LogP contribution in [0.2, 0.25) is 0 Å². The fourth-order valence-electron chi connectivity index (χ4n) is 5.69. The topological polar surface area (TPSA) is 54.5 Å². The maximum absolute atomic E-state index is 6.25.